The van der Waals surface area contributed by atoms with Crippen molar-refractivity contribution in [2.24, 2.45) is 17.8 Å². The van der Waals surface area contributed by atoms with Gasteiger partial charge < -0.3 is 14.2 Å². The molecule has 0 radical (unpaired) electrons. The molecule has 0 fully saturated rings. The van der Waals surface area contributed by atoms with Gasteiger partial charge in [0.25, 0.3) is 0 Å². The maximum Gasteiger partial charge on any atom is 0.339 e. The Morgan fingerprint density at radius 3 is 0.545 bits per heavy atom. The monoisotopic (exact) mass is 1420 g/mol. The van der Waals surface area contributed by atoms with E-state index in [9.17, 15) is 19.2 Å². The van der Waals surface area contributed by atoms with Crippen molar-refractivity contribution < 1.29 is 33.4 Å². The molecule has 1 rings (SSSR count). The number of carbonyl (C=O) groups is 4. The number of carbonyl (C=O) groups excluding carboxylic acids is 4. The van der Waals surface area contributed by atoms with Gasteiger partial charge >= 0.3 is 17.9 Å². The van der Waals surface area contributed by atoms with Crippen LogP contribution in [0.2, 0.25) is 0 Å². The molecule has 3 atom stereocenters. The molecule has 0 aliphatic carbocycles. The van der Waals surface area contributed by atoms with E-state index >= 15 is 0 Å². The van der Waals surface area contributed by atoms with Gasteiger partial charge in [0.15, 0.2) is 6.29 Å². The van der Waals surface area contributed by atoms with Crippen molar-refractivity contribution in [1.29, 1.82) is 0 Å². The summed E-state index contributed by atoms with van der Waals surface area (Å²) in [4.78, 5) is 57.5. The fourth-order valence-corrected chi connectivity index (χ4v) is 15.6. The lowest BCUT2D eigenvalue weighted by atomic mass is 9.94. The minimum Gasteiger partial charge on any atom is -0.462 e. The molecule has 3 unspecified atom stereocenters. The van der Waals surface area contributed by atoms with E-state index in [2.05, 4.69) is 41.5 Å². The van der Waals surface area contributed by atoms with Crippen LogP contribution in [0.5, 0.6) is 0 Å². The van der Waals surface area contributed by atoms with Crippen molar-refractivity contribution >= 4 is 24.2 Å². The van der Waals surface area contributed by atoms with Crippen LogP contribution in [0.1, 0.15) is 545 Å². The van der Waals surface area contributed by atoms with E-state index in [-0.39, 0.29) is 59.8 Å². The summed E-state index contributed by atoms with van der Waals surface area (Å²) in [7, 11) is 0. The van der Waals surface area contributed by atoms with Gasteiger partial charge in [0.05, 0.1) is 36.5 Å². The van der Waals surface area contributed by atoms with Crippen molar-refractivity contribution in [3.63, 3.8) is 0 Å². The topological polar surface area (TPSA) is 96.0 Å². The molecule has 1 aromatic carbocycles. The number of rotatable bonds is 82. The van der Waals surface area contributed by atoms with Gasteiger partial charge in [-0.25, -0.2) is 14.4 Å². The summed E-state index contributed by atoms with van der Waals surface area (Å²) in [5.41, 5.74) is 0.0848. The smallest absolute Gasteiger partial charge is 0.339 e. The maximum absolute atomic E-state index is 14.9. The molecule has 101 heavy (non-hydrogen) atoms. The highest BCUT2D eigenvalue weighted by Gasteiger charge is 2.28. The number of esters is 3. The molecule has 1 aromatic rings. The van der Waals surface area contributed by atoms with Crippen molar-refractivity contribution in [3.05, 3.63) is 34.4 Å². The van der Waals surface area contributed by atoms with Crippen LogP contribution in [0, 0.1) is 17.8 Å². The zero-order valence-corrected chi connectivity index (χ0v) is 68.9. The Kier molecular flexibility index (Phi) is 73.4. The molecule has 0 bridgehead atoms. The van der Waals surface area contributed by atoms with E-state index in [0.717, 1.165) is 77.0 Å². The van der Waals surface area contributed by atoms with E-state index in [4.69, 9.17) is 14.2 Å². The largest absolute Gasteiger partial charge is 0.462 e. The number of aldehydes is 1. The Balaban J connectivity index is 3.51. The first-order valence-electron chi connectivity index (χ1n) is 45.9. The predicted octanol–water partition coefficient (Wildman–Crippen LogP) is 32.0. The van der Waals surface area contributed by atoms with Crippen LogP contribution in [0.3, 0.4) is 0 Å². The Morgan fingerprint density at radius 1 is 0.228 bits per heavy atom. The van der Waals surface area contributed by atoms with Crippen LogP contribution in [0.15, 0.2) is 12.1 Å². The first-order chi connectivity index (χ1) is 49.8. The van der Waals surface area contributed by atoms with Gasteiger partial charge in [-0.2, -0.15) is 0 Å². The summed E-state index contributed by atoms with van der Waals surface area (Å²) < 4.78 is 19.0. The zero-order chi connectivity index (χ0) is 73.0. The first-order valence-corrected chi connectivity index (χ1v) is 45.9. The number of hydrogen-bond acceptors (Lipinski definition) is 7. The summed E-state index contributed by atoms with van der Waals surface area (Å²) in [6, 6.07) is 2.89. The minimum absolute atomic E-state index is 0.00112. The van der Waals surface area contributed by atoms with E-state index in [1.165, 1.54) is 397 Å². The molecule has 0 aliphatic heterocycles. The number of benzene rings is 1. The molecule has 7 heteroatoms. The second-order valence-corrected chi connectivity index (χ2v) is 32.4. The molecule has 592 valence electrons. The zero-order valence-electron chi connectivity index (χ0n) is 68.9. The summed E-state index contributed by atoms with van der Waals surface area (Å²) in [5, 5.41) is 0. The van der Waals surface area contributed by atoms with Gasteiger partial charge in [0, 0.05) is 5.56 Å². The molecule has 0 aromatic heterocycles. The van der Waals surface area contributed by atoms with Gasteiger partial charge in [-0.05, 0) is 68.4 Å². The Labute approximate surface area is 630 Å². The maximum atomic E-state index is 14.9. The number of ether oxygens (including phenoxy) is 3. The molecule has 0 N–H and O–H groups in total. The number of unbranched alkanes of at least 4 members (excludes halogenated alkanes) is 60. The highest BCUT2D eigenvalue weighted by atomic mass is 16.5. The van der Waals surface area contributed by atoms with Gasteiger partial charge in [0.2, 0.25) is 0 Å². The molecule has 0 heterocycles. The lowest BCUT2D eigenvalue weighted by Crippen LogP contribution is -2.22. The lowest BCUT2D eigenvalue weighted by Gasteiger charge is -2.20. The normalized spacial score (nSPS) is 12.5. The second kappa shape index (κ2) is 76.9. The molecule has 0 aliphatic rings. The van der Waals surface area contributed by atoms with E-state index < -0.39 is 17.9 Å². The van der Waals surface area contributed by atoms with Crippen molar-refractivity contribution in [1.82, 2.24) is 0 Å². The quantitative estimate of drug-likeness (QED) is 0.0277. The molecular formula is C94H174O7. The van der Waals surface area contributed by atoms with Crippen LogP contribution in [-0.2, 0) is 14.2 Å². The molecular weight excluding hydrogens is 1240 g/mol. The highest BCUT2D eigenvalue weighted by molar-refractivity contribution is 6.08. The average Bonchev–Trinajstić information content (AvgIpc) is 0.798. The van der Waals surface area contributed by atoms with E-state index in [1.807, 2.05) is 0 Å². The molecule has 0 saturated heterocycles. The third-order valence-corrected chi connectivity index (χ3v) is 22.6. The summed E-state index contributed by atoms with van der Waals surface area (Å²) in [6.07, 6.45) is 91.9. The SMILES string of the molecule is CCCCCCCCCCCCCCC(CCCCCCCCCCCC)COC(=O)c1cc(C(=O)OCC(CCCCCCCCCCCC)CCCCCCCCCCCCCC)c(C(=O)OCC(CCCCCCCCCCCC)CCCCCCCCCCCCCC)cc1C=O. The van der Waals surface area contributed by atoms with Crippen LogP contribution >= 0.6 is 0 Å². The lowest BCUT2D eigenvalue weighted by molar-refractivity contribution is 0.0373. The summed E-state index contributed by atoms with van der Waals surface area (Å²) in [5.74, 6) is -1.24. The van der Waals surface area contributed by atoms with Crippen molar-refractivity contribution in [2.75, 3.05) is 19.8 Å². The van der Waals surface area contributed by atoms with Gasteiger partial charge in [-0.15, -0.1) is 0 Å². The van der Waals surface area contributed by atoms with Gasteiger partial charge in [-0.1, -0.05) is 465 Å². The van der Waals surface area contributed by atoms with Crippen LogP contribution in [0.25, 0.3) is 0 Å². The van der Waals surface area contributed by atoms with Crippen LogP contribution in [0.4, 0.5) is 0 Å². The van der Waals surface area contributed by atoms with Crippen LogP contribution in [-0.4, -0.2) is 44.0 Å². The van der Waals surface area contributed by atoms with Crippen molar-refractivity contribution in [2.45, 2.75) is 504 Å². The standard InChI is InChI=1S/C94H174O7/c1-7-13-19-25-31-37-43-46-52-58-64-68-74-85(73-67-61-55-49-40-34-28-22-16-10-4)82-99-92(96)89-80-91(94(98)101-84-87(77-71-63-57-51-42-36-30-24-18-12-6)78-72-66-60-54-48-45-39-33-27-21-15-9-3)90(79-88(89)81-95)93(97)100-83-86(75-69-62-56-50-41-35-29-23-17-11-5)76-70-65-59-53-47-44-38-32-26-20-14-8-2/h79-81,85-87H,7-78,82-84H2,1-6H3. The predicted molar refractivity (Wildman–Crippen MR) is 440 cm³/mol. The minimum atomic E-state index is -0.629. The molecule has 0 spiro atoms. The first kappa shape index (κ1) is 96.3. The highest BCUT2D eigenvalue weighted by Crippen LogP contribution is 2.28. The second-order valence-electron chi connectivity index (χ2n) is 32.4. The van der Waals surface area contributed by atoms with E-state index in [0.29, 0.717) is 6.29 Å². The average molecular weight is 1420 g/mol. The van der Waals surface area contributed by atoms with Gasteiger partial charge in [-0.3, -0.25) is 4.79 Å². The third kappa shape index (κ3) is 61.1. The summed E-state index contributed by atoms with van der Waals surface area (Å²) in [6.45, 7) is 14.5. The summed E-state index contributed by atoms with van der Waals surface area (Å²) >= 11 is 0. The van der Waals surface area contributed by atoms with E-state index in [1.54, 1.807) is 0 Å². The molecule has 7 nitrogen and oxygen atoms in total. The Hall–Kier alpha value is -2.70. The molecule has 0 amide bonds. The Bertz CT molecular complexity index is 1930. The number of hydrogen-bond donors (Lipinski definition) is 0. The molecule has 0 saturated carbocycles. The third-order valence-electron chi connectivity index (χ3n) is 22.6. The fourth-order valence-electron chi connectivity index (χ4n) is 15.6. The van der Waals surface area contributed by atoms with Crippen LogP contribution < -0.4 is 0 Å². The fraction of sp³-hybridized carbons (Fsp3) is 0.894. The van der Waals surface area contributed by atoms with Crippen molar-refractivity contribution in [3.8, 4) is 0 Å². The van der Waals surface area contributed by atoms with Gasteiger partial charge in [0.1, 0.15) is 0 Å². The Morgan fingerprint density at radius 2 is 0.376 bits per heavy atom.